The van der Waals surface area contributed by atoms with Gasteiger partial charge in [-0.25, -0.2) is 0 Å². The van der Waals surface area contributed by atoms with Gasteiger partial charge in [0.2, 0.25) is 0 Å². The molecule has 2 bridgehead atoms. The molecule has 86 valence electrons. The summed E-state index contributed by atoms with van der Waals surface area (Å²) in [4.78, 5) is 0. The van der Waals surface area contributed by atoms with E-state index in [0.717, 1.165) is 12.8 Å². The quantitative estimate of drug-likeness (QED) is 0.619. The number of hydrogen-bond donors (Lipinski definition) is 2. The van der Waals surface area contributed by atoms with Crippen LogP contribution in [0.3, 0.4) is 0 Å². The minimum absolute atomic E-state index is 0.168. The van der Waals surface area contributed by atoms with Gasteiger partial charge in [-0.3, -0.25) is 0 Å². The van der Waals surface area contributed by atoms with E-state index in [1.54, 1.807) is 0 Å². The summed E-state index contributed by atoms with van der Waals surface area (Å²) in [5.74, 6) is -0.819. The summed E-state index contributed by atoms with van der Waals surface area (Å²) in [6.45, 7) is 0. The van der Waals surface area contributed by atoms with Gasteiger partial charge in [-0.05, 0) is 30.6 Å². The van der Waals surface area contributed by atoms with Crippen LogP contribution >= 0.6 is 0 Å². The van der Waals surface area contributed by atoms with Crippen LogP contribution in [0.2, 0.25) is 0 Å². The molecular weight excluding hydrogens is 223 g/mol. The van der Waals surface area contributed by atoms with Gasteiger partial charge in [-0.15, -0.1) is 3.89 Å². The maximum absolute atomic E-state index is 13.0. The molecule has 3 saturated carbocycles. The zero-order valence-corrected chi connectivity index (χ0v) is 8.82. The zero-order valence-electron chi connectivity index (χ0n) is 8.01. The van der Waals surface area contributed by atoms with Crippen LogP contribution < -0.4 is 0 Å². The largest absolute Gasteiger partial charge is 0.390 e. The molecule has 0 saturated heterocycles. The summed E-state index contributed by atoms with van der Waals surface area (Å²) in [5.41, 5.74) is -0.275. The highest BCUT2D eigenvalue weighted by molar-refractivity contribution is 7.87. The van der Waals surface area contributed by atoms with Crippen LogP contribution in [0.25, 0.3) is 0 Å². The molecule has 3 rings (SSSR count). The Hall–Kier alpha value is -0.200. The van der Waals surface area contributed by atoms with Crippen molar-refractivity contribution >= 4 is 10.2 Å². The molecule has 3 aliphatic carbocycles. The molecule has 0 aliphatic heterocycles. The molecule has 3 fully saturated rings. The molecule has 0 aromatic heterocycles. The second-order valence-corrected chi connectivity index (χ2v) is 6.65. The Morgan fingerprint density at radius 1 is 1.20 bits per heavy atom. The van der Waals surface area contributed by atoms with Gasteiger partial charge < -0.3 is 10.2 Å². The van der Waals surface area contributed by atoms with Gasteiger partial charge in [0.25, 0.3) is 0 Å². The summed E-state index contributed by atoms with van der Waals surface area (Å²) < 4.78 is 34.9. The van der Waals surface area contributed by atoms with Crippen molar-refractivity contribution in [3.63, 3.8) is 0 Å². The molecular formula is C9H13FO4S. The Morgan fingerprint density at radius 3 is 2.20 bits per heavy atom. The zero-order chi connectivity index (χ0) is 11.0. The highest BCUT2D eigenvalue weighted by Gasteiger charge is 2.74. The van der Waals surface area contributed by atoms with Crippen molar-refractivity contribution in [1.29, 1.82) is 0 Å². The normalized spacial score (nSPS) is 51.3. The Bertz CT molecular complexity index is 402. The van der Waals surface area contributed by atoms with Crippen molar-refractivity contribution in [2.45, 2.75) is 36.7 Å². The number of aliphatic hydroxyl groups excluding tert-OH is 2. The molecule has 0 radical (unpaired) electrons. The van der Waals surface area contributed by atoms with Crippen molar-refractivity contribution in [2.24, 2.45) is 17.3 Å². The van der Waals surface area contributed by atoms with Crippen LogP contribution in [0.15, 0.2) is 0 Å². The maximum atomic E-state index is 13.0. The smallest absolute Gasteiger partial charge is 0.305 e. The van der Waals surface area contributed by atoms with Gasteiger partial charge in [0.15, 0.2) is 0 Å². The van der Waals surface area contributed by atoms with E-state index in [1.807, 2.05) is 0 Å². The van der Waals surface area contributed by atoms with Crippen LogP contribution in [-0.2, 0) is 10.2 Å². The predicted molar refractivity (Wildman–Crippen MR) is 49.1 cm³/mol. The number of halogens is 1. The summed E-state index contributed by atoms with van der Waals surface area (Å²) in [5, 5.41) is 18.3. The molecule has 0 aromatic rings. The van der Waals surface area contributed by atoms with Gasteiger partial charge in [-0.1, -0.05) is 0 Å². The minimum Gasteiger partial charge on any atom is -0.390 e. The molecule has 15 heavy (non-hydrogen) atoms. The van der Waals surface area contributed by atoms with E-state index in [0.29, 0.717) is 0 Å². The highest BCUT2D eigenvalue weighted by atomic mass is 32.3. The van der Waals surface area contributed by atoms with Gasteiger partial charge >= 0.3 is 10.2 Å². The molecule has 5 unspecified atom stereocenters. The van der Waals surface area contributed by atoms with Crippen molar-refractivity contribution in [2.75, 3.05) is 0 Å². The average Bonchev–Trinajstić information content (AvgIpc) is 2.74. The molecule has 6 heteroatoms. The molecule has 2 N–H and O–H groups in total. The lowest BCUT2D eigenvalue weighted by atomic mass is 9.94. The lowest BCUT2D eigenvalue weighted by Crippen LogP contribution is -2.41. The molecule has 1 spiro atoms. The van der Waals surface area contributed by atoms with Crippen LogP contribution in [0.5, 0.6) is 0 Å². The first-order valence-electron chi connectivity index (χ1n) is 5.17. The summed E-state index contributed by atoms with van der Waals surface area (Å²) in [7, 11) is -4.59. The first kappa shape index (κ1) is 9.99. The van der Waals surface area contributed by atoms with Crippen LogP contribution in [0.4, 0.5) is 3.89 Å². The third-order valence-electron chi connectivity index (χ3n) is 4.61. The van der Waals surface area contributed by atoms with E-state index in [-0.39, 0.29) is 17.8 Å². The van der Waals surface area contributed by atoms with Crippen molar-refractivity contribution in [1.82, 2.24) is 0 Å². The topological polar surface area (TPSA) is 74.6 Å². The van der Waals surface area contributed by atoms with Gasteiger partial charge in [0.05, 0.1) is 17.5 Å². The van der Waals surface area contributed by atoms with Crippen LogP contribution in [-0.4, -0.2) is 36.1 Å². The summed E-state index contributed by atoms with van der Waals surface area (Å²) in [6, 6.07) is 0. The van der Waals surface area contributed by atoms with Crippen LogP contribution in [0, 0.1) is 17.3 Å². The van der Waals surface area contributed by atoms with Gasteiger partial charge in [-0.2, -0.15) is 8.42 Å². The number of aliphatic hydroxyl groups is 2. The Labute approximate surface area is 87.3 Å². The average molecular weight is 236 g/mol. The Morgan fingerprint density at radius 2 is 1.80 bits per heavy atom. The van der Waals surface area contributed by atoms with Crippen molar-refractivity contribution in [3.8, 4) is 0 Å². The fraction of sp³-hybridized carbons (Fsp3) is 1.00. The summed E-state index contributed by atoms with van der Waals surface area (Å²) >= 11 is 0. The van der Waals surface area contributed by atoms with E-state index in [2.05, 4.69) is 0 Å². The number of rotatable bonds is 1. The SMILES string of the molecule is O=S(=O)(F)C1CC2C(O)C(O)C1C21CC1. The predicted octanol–water partition coefficient (Wildman–Crippen LogP) is -0.194. The van der Waals surface area contributed by atoms with Crippen molar-refractivity contribution < 1.29 is 22.5 Å². The van der Waals surface area contributed by atoms with Crippen LogP contribution in [0.1, 0.15) is 19.3 Å². The van der Waals surface area contributed by atoms with E-state index < -0.39 is 33.6 Å². The second-order valence-electron chi connectivity index (χ2n) is 5.10. The standard InChI is InChI=1S/C9H13FO4S/c10-15(13,14)5-3-4-7(11)8(12)6(5)9(4)1-2-9/h4-8,11-12H,1-3H2. The molecule has 3 aliphatic rings. The molecule has 0 aromatic carbocycles. The second kappa shape index (κ2) is 2.55. The lowest BCUT2D eigenvalue weighted by molar-refractivity contribution is -0.0152. The van der Waals surface area contributed by atoms with E-state index >= 15 is 0 Å². The van der Waals surface area contributed by atoms with Gasteiger partial charge in [0.1, 0.15) is 0 Å². The Kier molecular flexibility index (Phi) is 1.70. The third kappa shape index (κ3) is 1.05. The molecule has 4 nitrogen and oxygen atoms in total. The summed E-state index contributed by atoms with van der Waals surface area (Å²) in [6.07, 6.45) is -0.149. The maximum Gasteiger partial charge on any atom is 0.305 e. The first-order valence-corrected chi connectivity index (χ1v) is 6.62. The third-order valence-corrected chi connectivity index (χ3v) is 5.82. The van der Waals surface area contributed by atoms with E-state index in [9.17, 15) is 22.5 Å². The highest BCUT2D eigenvalue weighted by Crippen LogP contribution is 2.72. The van der Waals surface area contributed by atoms with Gasteiger partial charge in [0, 0.05) is 5.92 Å². The molecule has 0 heterocycles. The fourth-order valence-corrected chi connectivity index (χ4v) is 5.10. The fourth-order valence-electron chi connectivity index (χ4n) is 3.88. The number of hydrogen-bond acceptors (Lipinski definition) is 4. The monoisotopic (exact) mass is 236 g/mol. The first-order chi connectivity index (χ1) is 6.88. The van der Waals surface area contributed by atoms with E-state index in [4.69, 9.17) is 0 Å². The van der Waals surface area contributed by atoms with Crippen molar-refractivity contribution in [3.05, 3.63) is 0 Å². The molecule has 5 atom stereocenters. The lowest BCUT2D eigenvalue weighted by Gasteiger charge is -2.26. The molecule has 0 amide bonds. The minimum atomic E-state index is -4.59. The Balaban J connectivity index is 2.03. The van der Waals surface area contributed by atoms with E-state index in [1.165, 1.54) is 0 Å².